The number of likely N-dealkylation sites (tertiary alicyclic amines) is 1. The summed E-state index contributed by atoms with van der Waals surface area (Å²) < 4.78 is 25.5. The minimum absolute atomic E-state index is 0.0329. The maximum absolute atomic E-state index is 14.4. The van der Waals surface area contributed by atoms with Crippen molar-refractivity contribution >= 4 is 0 Å². The first-order valence-corrected chi connectivity index (χ1v) is 10.5. The number of aliphatic hydroxyl groups is 1. The molecular formula is C24H30FNO3. The smallest absolute Gasteiger partial charge is 0.127 e. The van der Waals surface area contributed by atoms with Crippen LogP contribution in [0.3, 0.4) is 0 Å². The lowest BCUT2D eigenvalue weighted by Gasteiger charge is -2.53. The van der Waals surface area contributed by atoms with Crippen molar-refractivity contribution in [1.29, 1.82) is 0 Å². The Balaban J connectivity index is 1.76. The van der Waals surface area contributed by atoms with Crippen LogP contribution in [0.5, 0.6) is 11.5 Å². The molecule has 1 saturated carbocycles. The van der Waals surface area contributed by atoms with E-state index in [4.69, 9.17) is 9.47 Å². The van der Waals surface area contributed by atoms with Crippen molar-refractivity contribution in [2.75, 3.05) is 20.8 Å². The Morgan fingerprint density at radius 1 is 1.10 bits per heavy atom. The highest BCUT2D eigenvalue weighted by Gasteiger charge is 2.49. The van der Waals surface area contributed by atoms with Crippen molar-refractivity contribution in [3.8, 4) is 11.5 Å². The lowest BCUT2D eigenvalue weighted by Crippen LogP contribution is -2.54. The molecule has 1 heterocycles. The minimum Gasteiger partial charge on any atom is -0.497 e. The maximum Gasteiger partial charge on any atom is 0.127 e. The molecule has 0 bridgehead atoms. The molecule has 0 unspecified atom stereocenters. The van der Waals surface area contributed by atoms with E-state index >= 15 is 0 Å². The van der Waals surface area contributed by atoms with E-state index in [1.807, 2.05) is 30.3 Å². The monoisotopic (exact) mass is 399 g/mol. The fourth-order valence-corrected chi connectivity index (χ4v) is 5.24. The topological polar surface area (TPSA) is 41.9 Å². The van der Waals surface area contributed by atoms with Crippen molar-refractivity contribution in [3.05, 3.63) is 59.4 Å². The molecule has 2 aromatic carbocycles. The summed E-state index contributed by atoms with van der Waals surface area (Å²) in [5.74, 6) is 1.40. The molecule has 1 N–H and O–H groups in total. The van der Waals surface area contributed by atoms with Crippen molar-refractivity contribution < 1.29 is 19.0 Å². The summed E-state index contributed by atoms with van der Waals surface area (Å²) in [7, 11) is 3.30. The van der Waals surface area contributed by atoms with Gasteiger partial charge in [0.05, 0.1) is 19.8 Å². The largest absolute Gasteiger partial charge is 0.497 e. The number of piperidine rings is 1. The molecule has 156 valence electrons. The number of hydrogen-bond acceptors (Lipinski definition) is 4. The Morgan fingerprint density at radius 2 is 1.93 bits per heavy atom. The van der Waals surface area contributed by atoms with Crippen LogP contribution < -0.4 is 9.47 Å². The molecule has 4 rings (SSSR count). The van der Waals surface area contributed by atoms with Gasteiger partial charge in [0.25, 0.3) is 0 Å². The van der Waals surface area contributed by atoms with Crippen LogP contribution in [0.4, 0.5) is 4.39 Å². The molecule has 3 atom stereocenters. The lowest BCUT2D eigenvalue weighted by atomic mass is 9.66. The molecule has 0 amide bonds. The Bertz CT molecular complexity index is 858. The SMILES string of the molecule is COc1ccc([C@@H]2[C@H]3CCCC[C@]3(O)CCN2Cc2ccccc2F)c(OC)c1. The lowest BCUT2D eigenvalue weighted by molar-refractivity contribution is -0.126. The van der Waals surface area contributed by atoms with Crippen LogP contribution in [0, 0.1) is 11.7 Å². The van der Waals surface area contributed by atoms with Crippen molar-refractivity contribution in [1.82, 2.24) is 4.90 Å². The molecule has 2 aliphatic rings. The average molecular weight is 400 g/mol. The Labute approximate surface area is 172 Å². The number of benzene rings is 2. The zero-order valence-corrected chi connectivity index (χ0v) is 17.2. The molecule has 0 spiro atoms. The fourth-order valence-electron chi connectivity index (χ4n) is 5.24. The average Bonchev–Trinajstić information content (AvgIpc) is 2.75. The molecule has 4 nitrogen and oxygen atoms in total. The summed E-state index contributed by atoms with van der Waals surface area (Å²) in [4.78, 5) is 2.31. The number of hydrogen-bond donors (Lipinski definition) is 1. The van der Waals surface area contributed by atoms with Gasteiger partial charge in [0.15, 0.2) is 0 Å². The standard InChI is InChI=1S/C24H30FNO3/c1-28-18-10-11-19(22(15-18)29-2)23-20-8-5-6-12-24(20,27)13-14-26(23)16-17-7-3-4-9-21(17)25/h3-4,7,9-11,15,20,23,27H,5-6,8,12-14,16H2,1-2H3/t20-,23-,24+/m1/s1. The van der Waals surface area contributed by atoms with E-state index in [-0.39, 0.29) is 17.8 Å². The van der Waals surface area contributed by atoms with Gasteiger partial charge in [0, 0.05) is 42.2 Å². The van der Waals surface area contributed by atoms with Crippen LogP contribution >= 0.6 is 0 Å². The second-order valence-electron chi connectivity index (χ2n) is 8.32. The third kappa shape index (κ3) is 3.86. The van der Waals surface area contributed by atoms with Gasteiger partial charge in [-0.25, -0.2) is 4.39 Å². The van der Waals surface area contributed by atoms with Crippen LogP contribution in [0.1, 0.15) is 49.3 Å². The number of halogens is 1. The highest BCUT2D eigenvalue weighted by Crippen LogP contribution is 2.51. The first-order chi connectivity index (χ1) is 14.1. The van der Waals surface area contributed by atoms with Gasteiger partial charge in [-0.3, -0.25) is 4.90 Å². The van der Waals surface area contributed by atoms with Gasteiger partial charge in [-0.2, -0.15) is 0 Å². The molecule has 0 radical (unpaired) electrons. The molecule has 0 aromatic heterocycles. The predicted octanol–water partition coefficient (Wildman–Crippen LogP) is 4.71. The van der Waals surface area contributed by atoms with Crippen LogP contribution in [0.25, 0.3) is 0 Å². The van der Waals surface area contributed by atoms with Gasteiger partial charge < -0.3 is 14.6 Å². The maximum atomic E-state index is 14.4. The van der Waals surface area contributed by atoms with Crippen LogP contribution in [0.15, 0.2) is 42.5 Å². The normalized spacial score (nSPS) is 27.3. The molecule has 1 saturated heterocycles. The molecule has 5 heteroatoms. The Kier molecular flexibility index (Phi) is 5.79. The number of ether oxygens (including phenoxy) is 2. The van der Waals surface area contributed by atoms with Crippen LogP contribution in [-0.4, -0.2) is 36.4 Å². The number of fused-ring (bicyclic) bond motifs is 1. The Morgan fingerprint density at radius 3 is 2.69 bits per heavy atom. The predicted molar refractivity (Wildman–Crippen MR) is 111 cm³/mol. The summed E-state index contributed by atoms with van der Waals surface area (Å²) in [6, 6.07) is 12.8. The summed E-state index contributed by atoms with van der Waals surface area (Å²) in [6.45, 7) is 1.24. The van der Waals surface area contributed by atoms with Crippen LogP contribution in [-0.2, 0) is 6.54 Å². The third-order valence-electron chi connectivity index (χ3n) is 6.76. The van der Waals surface area contributed by atoms with E-state index in [1.165, 1.54) is 6.07 Å². The third-order valence-corrected chi connectivity index (χ3v) is 6.76. The number of methoxy groups -OCH3 is 2. The van der Waals surface area contributed by atoms with Gasteiger partial charge in [0.2, 0.25) is 0 Å². The zero-order valence-electron chi connectivity index (χ0n) is 17.2. The summed E-state index contributed by atoms with van der Waals surface area (Å²) >= 11 is 0. The van der Waals surface area contributed by atoms with Gasteiger partial charge in [0.1, 0.15) is 17.3 Å². The fraction of sp³-hybridized carbons (Fsp3) is 0.500. The second-order valence-corrected chi connectivity index (χ2v) is 8.32. The molecule has 29 heavy (non-hydrogen) atoms. The highest BCUT2D eigenvalue weighted by atomic mass is 19.1. The van der Waals surface area contributed by atoms with Gasteiger partial charge in [-0.05, 0) is 31.4 Å². The number of nitrogens with zero attached hydrogens (tertiary/aromatic N) is 1. The Hall–Kier alpha value is -2.11. The van der Waals surface area contributed by atoms with Gasteiger partial charge in [-0.1, -0.05) is 37.1 Å². The number of rotatable bonds is 5. The quantitative estimate of drug-likeness (QED) is 0.791. The molecule has 1 aliphatic carbocycles. The summed E-state index contributed by atoms with van der Waals surface area (Å²) in [6.07, 6.45) is 4.69. The second kappa shape index (κ2) is 8.33. The van der Waals surface area contributed by atoms with E-state index in [1.54, 1.807) is 20.3 Å². The highest BCUT2D eigenvalue weighted by molar-refractivity contribution is 5.43. The van der Waals surface area contributed by atoms with Crippen LogP contribution in [0.2, 0.25) is 0 Å². The zero-order chi connectivity index (χ0) is 20.4. The molecule has 2 fully saturated rings. The molecule has 1 aliphatic heterocycles. The van der Waals surface area contributed by atoms with E-state index < -0.39 is 5.60 Å². The molecule has 2 aromatic rings. The van der Waals surface area contributed by atoms with Crippen molar-refractivity contribution in [2.45, 2.75) is 50.3 Å². The summed E-state index contributed by atoms with van der Waals surface area (Å²) in [5, 5.41) is 11.5. The van der Waals surface area contributed by atoms with E-state index in [0.717, 1.165) is 55.7 Å². The van der Waals surface area contributed by atoms with Crippen molar-refractivity contribution in [3.63, 3.8) is 0 Å². The van der Waals surface area contributed by atoms with Gasteiger partial charge in [-0.15, -0.1) is 0 Å². The minimum atomic E-state index is -0.667. The van der Waals surface area contributed by atoms with Crippen molar-refractivity contribution in [2.24, 2.45) is 5.92 Å². The molecular weight excluding hydrogens is 369 g/mol. The van der Waals surface area contributed by atoms with E-state index in [0.29, 0.717) is 12.1 Å². The first kappa shape index (κ1) is 20.2. The summed E-state index contributed by atoms with van der Waals surface area (Å²) in [5.41, 5.74) is 1.06. The van der Waals surface area contributed by atoms with Gasteiger partial charge >= 0.3 is 0 Å². The van der Waals surface area contributed by atoms with E-state index in [2.05, 4.69) is 4.90 Å². The first-order valence-electron chi connectivity index (χ1n) is 10.5. The van der Waals surface area contributed by atoms with E-state index in [9.17, 15) is 9.50 Å².